The largest absolute Gasteiger partial charge is 0.428 e. The van der Waals surface area contributed by atoms with Crippen molar-refractivity contribution in [3.63, 3.8) is 0 Å². The average Bonchev–Trinajstić information content (AvgIpc) is 3.51. The Balaban J connectivity index is 0.000000996. The molecule has 43 heavy (non-hydrogen) atoms. The van der Waals surface area contributed by atoms with E-state index in [4.69, 9.17) is 30.9 Å². The van der Waals surface area contributed by atoms with E-state index >= 15 is 0 Å². The minimum Gasteiger partial charge on any atom is -0.428 e. The van der Waals surface area contributed by atoms with Gasteiger partial charge >= 0.3 is 12.0 Å². The van der Waals surface area contributed by atoms with Gasteiger partial charge in [-0.1, -0.05) is 60.7 Å². The molecule has 0 spiro atoms. The van der Waals surface area contributed by atoms with Crippen LogP contribution in [0.25, 0.3) is 22.5 Å². The quantitative estimate of drug-likeness (QED) is 0.0697. The fourth-order valence-corrected chi connectivity index (χ4v) is 4.76. The number of azo groups is 1. The monoisotopic (exact) mass is 604 g/mol. The predicted octanol–water partition coefficient (Wildman–Crippen LogP) is 3.61. The lowest BCUT2D eigenvalue weighted by atomic mass is 10.1. The summed E-state index contributed by atoms with van der Waals surface area (Å²) in [5.41, 5.74) is 10.2. The first-order valence-corrected chi connectivity index (χ1v) is 13.9. The highest BCUT2D eigenvalue weighted by Crippen LogP contribution is 2.39. The van der Waals surface area contributed by atoms with Crippen molar-refractivity contribution in [3.8, 4) is 22.5 Å². The first kappa shape index (κ1) is 30.1. The van der Waals surface area contributed by atoms with E-state index in [9.17, 15) is 8.42 Å². The Hall–Kier alpha value is -5.90. The lowest BCUT2D eigenvalue weighted by Gasteiger charge is -2.04. The van der Waals surface area contributed by atoms with Crippen LogP contribution in [0.1, 0.15) is 11.5 Å². The predicted molar refractivity (Wildman–Crippen MR) is 156 cm³/mol. The van der Waals surface area contributed by atoms with E-state index in [1.165, 1.54) is 16.8 Å². The second kappa shape index (κ2) is 12.7. The van der Waals surface area contributed by atoms with Gasteiger partial charge in [-0.3, -0.25) is 11.1 Å². The molecule has 0 unspecified atom stereocenters. The van der Waals surface area contributed by atoms with Crippen molar-refractivity contribution >= 4 is 33.4 Å². The van der Waals surface area contributed by atoms with E-state index in [1.807, 2.05) is 60.7 Å². The van der Waals surface area contributed by atoms with Gasteiger partial charge in [0.15, 0.2) is 11.4 Å². The molecule has 220 valence electrons. The standard InChI is InChI=1S/C27H24N8O3S.HNO3/c1-17-18(2)38-27(30-17)34-39(36,37)22-15-13-21(14-16-22)31-32-24-23(19-9-5-3-6-10-19)33-35(26(28)29)25(24)20-11-7-4-8-12-20;2-1(3)4/h3-16H,1-2H3,(H3,28,29)(H,30,34);(H,2,3,4)/p+1. The zero-order valence-electron chi connectivity index (χ0n) is 22.8. The normalized spacial score (nSPS) is 11.1. The lowest BCUT2D eigenvalue weighted by Crippen LogP contribution is -2.50. The second-order valence-corrected chi connectivity index (χ2v) is 10.5. The number of anilines is 1. The summed E-state index contributed by atoms with van der Waals surface area (Å²) in [6.45, 7) is 3.43. The third kappa shape index (κ3) is 7.25. The van der Waals surface area contributed by atoms with Crippen LogP contribution in [0.3, 0.4) is 0 Å². The minimum atomic E-state index is -3.91. The summed E-state index contributed by atoms with van der Waals surface area (Å²) in [5.74, 6) is 0.511. The molecule has 0 fully saturated rings. The summed E-state index contributed by atoms with van der Waals surface area (Å²) in [6, 6.07) is 24.8. The lowest BCUT2D eigenvalue weighted by molar-refractivity contribution is -0.742. The summed E-state index contributed by atoms with van der Waals surface area (Å²) >= 11 is 0. The summed E-state index contributed by atoms with van der Waals surface area (Å²) in [7, 11) is -3.91. The number of nitrogens with two attached hydrogens (primary N) is 2. The van der Waals surface area contributed by atoms with Crippen LogP contribution in [0.15, 0.2) is 104 Å². The second-order valence-electron chi connectivity index (χ2n) is 8.81. The minimum absolute atomic E-state index is 0.0169. The molecule has 2 heterocycles. The van der Waals surface area contributed by atoms with Crippen molar-refractivity contribution in [1.29, 1.82) is 0 Å². The molecule has 0 aliphatic rings. The third-order valence-corrected chi connectivity index (χ3v) is 7.20. The van der Waals surface area contributed by atoms with Gasteiger partial charge in [0.1, 0.15) is 11.5 Å². The van der Waals surface area contributed by atoms with Crippen molar-refractivity contribution in [2.24, 2.45) is 16.0 Å². The molecule has 0 atom stereocenters. The highest BCUT2D eigenvalue weighted by Gasteiger charge is 2.26. The molecule has 6 N–H and O–H groups in total. The average molecular weight is 605 g/mol. The zero-order valence-corrected chi connectivity index (χ0v) is 23.6. The van der Waals surface area contributed by atoms with Crippen LogP contribution in [0, 0.1) is 24.0 Å². The summed E-state index contributed by atoms with van der Waals surface area (Å²) < 4.78 is 34.7. The molecule has 0 aliphatic carbocycles. The third-order valence-electron chi connectivity index (χ3n) is 5.86. The molecule has 0 aliphatic heterocycles. The molecule has 15 nitrogen and oxygen atoms in total. The number of hydrogen-bond acceptors (Lipinski definition) is 9. The smallest absolute Gasteiger partial charge is 0.370 e. The first-order valence-electron chi connectivity index (χ1n) is 12.4. The molecule has 0 saturated heterocycles. The van der Waals surface area contributed by atoms with Crippen LogP contribution >= 0.6 is 0 Å². The number of hydrogen-bond donors (Lipinski definition) is 4. The number of nitrogens with one attached hydrogen (secondary N) is 1. The Morgan fingerprint density at radius 1 is 1.00 bits per heavy atom. The molecule has 2 aromatic heterocycles. The van der Waals surface area contributed by atoms with Crippen LogP contribution in [0.5, 0.6) is 0 Å². The van der Waals surface area contributed by atoms with E-state index in [0.717, 1.165) is 11.1 Å². The number of sulfonamides is 1. The van der Waals surface area contributed by atoms with E-state index in [0.29, 0.717) is 34.2 Å². The first-order chi connectivity index (χ1) is 20.5. The maximum absolute atomic E-state index is 12.8. The van der Waals surface area contributed by atoms with Crippen molar-refractivity contribution in [3.05, 3.63) is 106 Å². The highest BCUT2D eigenvalue weighted by molar-refractivity contribution is 7.92. The van der Waals surface area contributed by atoms with Crippen molar-refractivity contribution in [2.75, 3.05) is 4.72 Å². The Labute approximate surface area is 245 Å². The highest BCUT2D eigenvalue weighted by atomic mass is 32.2. The van der Waals surface area contributed by atoms with Gasteiger partial charge in [-0.05, 0) is 38.1 Å². The molecule has 0 saturated carbocycles. The number of aromatic nitrogens is 3. The molecule has 5 rings (SSSR count). The van der Waals surface area contributed by atoms with Crippen LogP contribution in [-0.2, 0) is 10.0 Å². The summed E-state index contributed by atoms with van der Waals surface area (Å²) in [5, 5.41) is 33.2. The number of oxazole rings is 1. The number of benzene rings is 3. The van der Waals surface area contributed by atoms with Gasteiger partial charge in [0.05, 0.1) is 16.3 Å². The van der Waals surface area contributed by atoms with Crippen LogP contribution in [0.2, 0.25) is 0 Å². The maximum atomic E-state index is 12.8. The fraction of sp³-hybridized carbons (Fsp3) is 0.0741. The molecule has 3 aromatic carbocycles. The van der Waals surface area contributed by atoms with Gasteiger partial charge < -0.3 is 9.62 Å². The Morgan fingerprint density at radius 3 is 2.07 bits per heavy atom. The van der Waals surface area contributed by atoms with Crippen molar-refractivity contribution < 1.29 is 28.5 Å². The number of nitrogens with zero attached hydrogens (tertiary/aromatic N) is 6. The summed E-state index contributed by atoms with van der Waals surface area (Å²) in [6.07, 6.45) is 0. The molecule has 16 heteroatoms. The molecular weight excluding hydrogens is 578 g/mol. The Kier molecular flexibility index (Phi) is 8.90. The van der Waals surface area contributed by atoms with E-state index in [1.54, 1.807) is 26.0 Å². The van der Waals surface area contributed by atoms with Crippen LogP contribution < -0.4 is 15.9 Å². The molecular formula is C27H26N9O6S+. The van der Waals surface area contributed by atoms with Crippen LogP contribution in [0.4, 0.5) is 17.4 Å². The molecule has 0 amide bonds. The molecule has 0 radical (unpaired) electrons. The SMILES string of the molecule is Cc1nc(NS(=O)(=O)c2ccc(N=Nc3c(-c4ccccc4)nn(C(N)=[NH2+])c3-c3ccccc3)cc2)oc1C.O=[N+]([O-])O. The van der Waals surface area contributed by atoms with E-state index in [2.05, 4.69) is 25.0 Å². The van der Waals surface area contributed by atoms with Crippen LogP contribution in [-0.4, -0.2) is 39.4 Å². The van der Waals surface area contributed by atoms with Gasteiger partial charge in [-0.15, -0.1) is 25.0 Å². The van der Waals surface area contributed by atoms with Crippen molar-refractivity contribution in [2.45, 2.75) is 18.7 Å². The topological polar surface area (TPSA) is 230 Å². The molecule has 0 bridgehead atoms. The van der Waals surface area contributed by atoms with Gasteiger partial charge in [0.2, 0.25) is 0 Å². The van der Waals surface area contributed by atoms with Gasteiger partial charge in [0, 0.05) is 11.1 Å². The Bertz CT molecular complexity index is 1860. The van der Waals surface area contributed by atoms with Crippen molar-refractivity contribution in [1.82, 2.24) is 14.8 Å². The van der Waals surface area contributed by atoms with Gasteiger partial charge in [-0.25, -0.2) is 13.1 Å². The van der Waals surface area contributed by atoms with E-state index in [-0.39, 0.29) is 16.9 Å². The Morgan fingerprint density at radius 2 is 1.56 bits per heavy atom. The van der Waals surface area contributed by atoms with Gasteiger partial charge in [-0.2, -0.15) is 10.1 Å². The van der Waals surface area contributed by atoms with E-state index < -0.39 is 15.1 Å². The fourth-order valence-electron chi connectivity index (χ4n) is 3.83. The molecule has 5 aromatic rings. The number of rotatable bonds is 7. The maximum Gasteiger partial charge on any atom is 0.370 e. The zero-order chi connectivity index (χ0) is 31.1. The summed E-state index contributed by atoms with van der Waals surface area (Å²) in [4.78, 5) is 12.4. The number of aryl methyl sites for hydroxylation is 2. The van der Waals surface area contributed by atoms with Gasteiger partial charge in [0.25, 0.3) is 15.1 Å².